The Labute approximate surface area is 190 Å². The van der Waals surface area contributed by atoms with Crippen LogP contribution in [0.3, 0.4) is 0 Å². The van der Waals surface area contributed by atoms with E-state index in [1.807, 2.05) is 6.92 Å². The molecule has 1 spiro atoms. The van der Waals surface area contributed by atoms with E-state index in [0.717, 1.165) is 59.4 Å². The molecule has 1 aromatic heterocycles. The fourth-order valence-electron chi connectivity index (χ4n) is 4.64. The summed E-state index contributed by atoms with van der Waals surface area (Å²) in [6, 6.07) is 6.41. The number of ether oxygens (including phenoxy) is 1. The van der Waals surface area contributed by atoms with Crippen LogP contribution in [0.25, 0.3) is 16.6 Å². The van der Waals surface area contributed by atoms with Crippen LogP contribution in [0.4, 0.5) is 5.82 Å². The molecule has 5 nitrogen and oxygen atoms in total. The van der Waals surface area contributed by atoms with E-state index < -0.39 is 0 Å². The van der Waals surface area contributed by atoms with Crippen LogP contribution >= 0.6 is 0 Å². The molecular weight excluding hydrogens is 396 g/mol. The quantitative estimate of drug-likeness (QED) is 0.504. The van der Waals surface area contributed by atoms with Crippen molar-refractivity contribution in [3.63, 3.8) is 0 Å². The molecule has 2 aliphatic rings. The molecule has 1 saturated carbocycles. The second-order valence-electron chi connectivity index (χ2n) is 8.52. The van der Waals surface area contributed by atoms with Crippen molar-refractivity contribution in [2.75, 3.05) is 5.32 Å². The van der Waals surface area contributed by atoms with Gasteiger partial charge in [-0.25, -0.2) is 9.97 Å². The summed E-state index contributed by atoms with van der Waals surface area (Å²) in [5, 5.41) is 4.73. The smallest absolute Gasteiger partial charge is 0.137 e. The first kappa shape index (κ1) is 22.0. The van der Waals surface area contributed by atoms with Gasteiger partial charge in [0.2, 0.25) is 0 Å². The summed E-state index contributed by atoms with van der Waals surface area (Å²) in [6.45, 7) is 9.96. The number of hydrogen-bond acceptors (Lipinski definition) is 5. The molecule has 1 aromatic carbocycles. The first-order chi connectivity index (χ1) is 15.6. The Morgan fingerprint density at radius 2 is 2.19 bits per heavy atom. The molecule has 0 bridgehead atoms. The minimum Gasteiger partial charge on any atom is -0.491 e. The zero-order valence-corrected chi connectivity index (χ0v) is 19.3. The Hall–Kier alpha value is -3.21. The van der Waals surface area contributed by atoms with E-state index in [9.17, 15) is 0 Å². The monoisotopic (exact) mass is 428 g/mol. The van der Waals surface area contributed by atoms with Gasteiger partial charge < -0.3 is 10.1 Å². The van der Waals surface area contributed by atoms with Crippen LogP contribution in [-0.4, -0.2) is 27.8 Å². The minimum atomic E-state index is -0.0220. The Morgan fingerprint density at radius 1 is 1.34 bits per heavy atom. The van der Waals surface area contributed by atoms with Crippen molar-refractivity contribution in [1.82, 2.24) is 9.97 Å². The van der Waals surface area contributed by atoms with Crippen molar-refractivity contribution in [2.45, 2.75) is 64.5 Å². The highest BCUT2D eigenvalue weighted by Crippen LogP contribution is 2.46. The van der Waals surface area contributed by atoms with E-state index in [1.165, 1.54) is 12.0 Å². The molecule has 32 heavy (non-hydrogen) atoms. The summed E-state index contributed by atoms with van der Waals surface area (Å²) in [6.07, 6.45) is 16.7. The summed E-state index contributed by atoms with van der Waals surface area (Å²) in [4.78, 5) is 13.7. The van der Waals surface area contributed by atoms with Gasteiger partial charge in [0.25, 0.3) is 0 Å². The molecular formula is C27H32N4O. The molecule has 2 heterocycles. The lowest BCUT2D eigenvalue weighted by atomic mass is 9.73. The Balaban J connectivity index is 1.69. The van der Waals surface area contributed by atoms with Gasteiger partial charge in [-0.3, -0.25) is 4.99 Å². The first-order valence-corrected chi connectivity index (χ1v) is 11.5. The molecule has 0 amide bonds. The number of nitrogens with one attached hydrogen (secondary N) is 1. The number of nitrogens with zero attached hydrogens (tertiary/aromatic N) is 3. The third-order valence-electron chi connectivity index (χ3n) is 6.30. The lowest BCUT2D eigenvalue weighted by Gasteiger charge is -2.48. The van der Waals surface area contributed by atoms with Crippen LogP contribution in [0, 0.1) is 0 Å². The van der Waals surface area contributed by atoms with Crippen LogP contribution in [0.1, 0.15) is 58.4 Å². The molecule has 1 aliphatic heterocycles. The number of rotatable bonds is 7. The molecule has 5 heteroatoms. The average Bonchev–Trinajstić information content (AvgIpc) is 2.77. The van der Waals surface area contributed by atoms with Crippen LogP contribution in [-0.2, 0) is 4.74 Å². The second kappa shape index (κ2) is 9.51. The summed E-state index contributed by atoms with van der Waals surface area (Å²) < 4.78 is 6.36. The standard InChI is InChI=1S/C27H32N4O/c1-5-9-21-19(4)32-27(13-8-14-27)17-25(21)31-26-22-12-11-20(16-24(22)29-18-30-26)23(10-6-2)28-15-7-3/h5,7,9-12,15-16,18,25H,3,6,8,13-14,17H2,1-2,4H3,(H,29,30,31)/b9-5-,23-10-,28-15?. The van der Waals surface area contributed by atoms with Gasteiger partial charge in [-0.2, -0.15) is 0 Å². The second-order valence-corrected chi connectivity index (χ2v) is 8.52. The van der Waals surface area contributed by atoms with Gasteiger partial charge in [-0.15, -0.1) is 0 Å². The highest BCUT2D eigenvalue weighted by atomic mass is 16.5. The molecule has 1 N–H and O–H groups in total. The van der Waals surface area contributed by atoms with Crippen molar-refractivity contribution in [3.05, 3.63) is 72.3 Å². The predicted octanol–water partition coefficient (Wildman–Crippen LogP) is 6.61. The highest BCUT2D eigenvalue weighted by molar-refractivity contribution is 5.92. The van der Waals surface area contributed by atoms with Crippen molar-refractivity contribution < 1.29 is 4.74 Å². The lowest BCUT2D eigenvalue weighted by Crippen LogP contribution is -2.48. The van der Waals surface area contributed by atoms with Gasteiger partial charge in [-0.1, -0.05) is 43.9 Å². The summed E-state index contributed by atoms with van der Waals surface area (Å²) in [5.74, 6) is 1.87. The van der Waals surface area contributed by atoms with Gasteiger partial charge >= 0.3 is 0 Å². The predicted molar refractivity (Wildman–Crippen MR) is 134 cm³/mol. The Bertz CT molecular complexity index is 1120. The van der Waals surface area contributed by atoms with Crippen molar-refractivity contribution in [1.29, 1.82) is 0 Å². The van der Waals surface area contributed by atoms with Crippen LogP contribution in [0.2, 0.25) is 0 Å². The number of aliphatic imine (C=N–C) groups is 1. The van der Waals surface area contributed by atoms with E-state index >= 15 is 0 Å². The normalized spacial score (nSPS) is 20.7. The van der Waals surface area contributed by atoms with Crippen LogP contribution < -0.4 is 5.32 Å². The summed E-state index contributed by atoms with van der Waals surface area (Å²) in [5.41, 5.74) is 4.03. The van der Waals surface area contributed by atoms with Gasteiger partial charge in [0, 0.05) is 29.2 Å². The van der Waals surface area contributed by atoms with Crippen molar-refractivity contribution in [2.24, 2.45) is 4.99 Å². The molecule has 0 saturated heterocycles. The Kier molecular flexibility index (Phi) is 6.54. The number of fused-ring (bicyclic) bond motifs is 1. The van der Waals surface area contributed by atoms with Gasteiger partial charge in [0.15, 0.2) is 0 Å². The van der Waals surface area contributed by atoms with E-state index in [-0.39, 0.29) is 11.6 Å². The maximum Gasteiger partial charge on any atom is 0.137 e. The largest absolute Gasteiger partial charge is 0.491 e. The lowest BCUT2D eigenvalue weighted by molar-refractivity contribution is -0.0793. The maximum atomic E-state index is 6.36. The molecule has 166 valence electrons. The zero-order valence-electron chi connectivity index (χ0n) is 19.3. The third kappa shape index (κ3) is 4.38. The van der Waals surface area contributed by atoms with Crippen molar-refractivity contribution in [3.8, 4) is 0 Å². The number of aromatic nitrogens is 2. The van der Waals surface area contributed by atoms with Gasteiger partial charge in [0.1, 0.15) is 17.7 Å². The van der Waals surface area contributed by atoms with Crippen LogP contribution in [0.15, 0.2) is 71.7 Å². The van der Waals surface area contributed by atoms with Gasteiger partial charge in [0.05, 0.1) is 23.0 Å². The first-order valence-electron chi connectivity index (χ1n) is 11.5. The maximum absolute atomic E-state index is 6.36. The van der Waals surface area contributed by atoms with Gasteiger partial charge in [-0.05, 0) is 51.7 Å². The zero-order chi connectivity index (χ0) is 22.6. The van der Waals surface area contributed by atoms with Crippen LogP contribution in [0.5, 0.6) is 0 Å². The topological polar surface area (TPSA) is 59.4 Å². The molecule has 1 fully saturated rings. The van der Waals surface area contributed by atoms with E-state index in [4.69, 9.17) is 4.74 Å². The van der Waals surface area contributed by atoms with E-state index in [2.05, 4.69) is 77.1 Å². The van der Waals surface area contributed by atoms with Crippen molar-refractivity contribution >= 4 is 28.6 Å². The fraction of sp³-hybridized carbons (Fsp3) is 0.370. The Morgan fingerprint density at radius 3 is 2.88 bits per heavy atom. The third-order valence-corrected chi connectivity index (χ3v) is 6.30. The molecule has 1 unspecified atom stereocenters. The number of benzene rings is 1. The summed E-state index contributed by atoms with van der Waals surface area (Å²) in [7, 11) is 0. The van der Waals surface area contributed by atoms with E-state index in [0.29, 0.717) is 0 Å². The molecule has 1 aliphatic carbocycles. The average molecular weight is 429 g/mol. The fourth-order valence-corrected chi connectivity index (χ4v) is 4.64. The molecule has 0 radical (unpaired) electrons. The minimum absolute atomic E-state index is 0.0220. The number of allylic oxidation sites excluding steroid dienone is 4. The highest BCUT2D eigenvalue weighted by Gasteiger charge is 2.45. The SMILES string of the molecule is C=CC=N/C(=C\CC)c1ccc2c(NC3CC4(CCC4)OC(C)=C3/C=C\C)ncnc2c1. The number of hydrogen-bond donors (Lipinski definition) is 1. The summed E-state index contributed by atoms with van der Waals surface area (Å²) >= 11 is 0. The van der Waals surface area contributed by atoms with E-state index in [1.54, 1.807) is 18.6 Å². The molecule has 4 rings (SSSR count). The molecule has 1 atom stereocenters. The molecule has 2 aromatic rings. The number of anilines is 1.